The van der Waals surface area contributed by atoms with Crippen LogP contribution in [0, 0.1) is 10.8 Å². The first kappa shape index (κ1) is 23.4. The monoisotopic (exact) mass is 451 g/mol. The van der Waals surface area contributed by atoms with Crippen molar-refractivity contribution in [2.75, 3.05) is 6.54 Å². The molecule has 0 atom stereocenters. The lowest BCUT2D eigenvalue weighted by Crippen LogP contribution is -2.39. The molecule has 0 aliphatic rings. The minimum Gasteiger partial charge on any atom is -0.318 e. The van der Waals surface area contributed by atoms with Gasteiger partial charge < -0.3 is 4.57 Å². The van der Waals surface area contributed by atoms with Gasteiger partial charge in [0, 0.05) is 25.7 Å². The Hall–Kier alpha value is -3.24. The van der Waals surface area contributed by atoms with E-state index in [1.807, 2.05) is 13.8 Å². The van der Waals surface area contributed by atoms with Crippen LogP contribution in [0.1, 0.15) is 32.3 Å². The summed E-state index contributed by atoms with van der Waals surface area (Å²) >= 11 is 0. The van der Waals surface area contributed by atoms with Crippen LogP contribution in [0.25, 0.3) is 22.6 Å². The number of fused-ring (bicyclic) bond motifs is 1. The van der Waals surface area contributed by atoms with Crippen LogP contribution in [0.15, 0.2) is 39.0 Å². The minimum atomic E-state index is -4.53. The molecule has 1 aromatic carbocycles. The zero-order valence-corrected chi connectivity index (χ0v) is 18.0. The maximum atomic E-state index is 13.3. The Morgan fingerprint density at radius 3 is 2.47 bits per heavy atom. The van der Waals surface area contributed by atoms with E-state index in [0.717, 1.165) is 16.7 Å². The van der Waals surface area contributed by atoms with Crippen molar-refractivity contribution >= 4 is 11.2 Å². The quantitative estimate of drug-likeness (QED) is 0.385. The molecule has 0 fully saturated rings. The topological polar surface area (TPSA) is 91.2 Å². The molecule has 0 amide bonds. The fraction of sp³-hybridized carbons (Fsp3) is 0.476. The Bertz CT molecular complexity index is 1250. The molecule has 172 valence electrons. The molecule has 3 aromatic rings. The summed E-state index contributed by atoms with van der Waals surface area (Å²) < 4.78 is 43.6. The fourth-order valence-corrected chi connectivity index (χ4v) is 3.52. The summed E-state index contributed by atoms with van der Waals surface area (Å²) in [6, 6.07) is 4.73. The fourth-order valence-electron chi connectivity index (χ4n) is 3.52. The summed E-state index contributed by atoms with van der Waals surface area (Å²) in [4.78, 5) is 40.8. The number of rotatable bonds is 8. The first-order valence-corrected chi connectivity index (χ1v) is 10.2. The van der Waals surface area contributed by atoms with Gasteiger partial charge in [0.15, 0.2) is 11.2 Å². The molecule has 0 spiro atoms. The van der Waals surface area contributed by atoms with Gasteiger partial charge in [0.1, 0.15) is 5.82 Å². The number of aryl methyl sites for hydroxylation is 2. The molecule has 32 heavy (non-hydrogen) atoms. The molecule has 0 saturated carbocycles. The molecule has 0 aliphatic heterocycles. The summed E-state index contributed by atoms with van der Waals surface area (Å²) in [5.74, 6) is 0.446. The van der Waals surface area contributed by atoms with Crippen molar-refractivity contribution in [3.63, 3.8) is 0 Å². The van der Waals surface area contributed by atoms with E-state index in [4.69, 9.17) is 0 Å². The van der Waals surface area contributed by atoms with E-state index in [9.17, 15) is 27.7 Å². The van der Waals surface area contributed by atoms with Gasteiger partial charge in [0.25, 0.3) is 5.56 Å². The summed E-state index contributed by atoms with van der Waals surface area (Å²) in [6.07, 6.45) is -3.67. The van der Waals surface area contributed by atoms with Crippen molar-refractivity contribution in [3.8, 4) is 11.4 Å². The standard InChI is InChI=1S/C21H24F3N5O3/c1-13(2)8-11-28-16-18(27(3)20(31)29(19(16)30)10-5-9-25-32)26-17(28)14-6-4-7-15(12-14)21(22,23)24/h4,6-7,12-13H,5,8-11H2,1-3H3. The van der Waals surface area contributed by atoms with Crippen molar-refractivity contribution in [1.29, 1.82) is 0 Å². The van der Waals surface area contributed by atoms with Crippen LogP contribution in [0.4, 0.5) is 13.2 Å². The van der Waals surface area contributed by atoms with Crippen molar-refractivity contribution in [2.24, 2.45) is 18.1 Å². The van der Waals surface area contributed by atoms with E-state index in [0.29, 0.717) is 13.0 Å². The smallest absolute Gasteiger partial charge is 0.318 e. The maximum absolute atomic E-state index is 13.3. The van der Waals surface area contributed by atoms with Crippen molar-refractivity contribution in [2.45, 2.75) is 46.0 Å². The van der Waals surface area contributed by atoms with Gasteiger partial charge in [-0.2, -0.15) is 18.1 Å². The van der Waals surface area contributed by atoms with Crippen LogP contribution in [0.3, 0.4) is 0 Å². The molecule has 0 saturated heterocycles. The molecule has 0 aliphatic carbocycles. The number of imidazole rings is 1. The van der Waals surface area contributed by atoms with E-state index in [2.05, 4.69) is 10.2 Å². The van der Waals surface area contributed by atoms with Crippen molar-refractivity contribution in [1.82, 2.24) is 18.7 Å². The Balaban J connectivity index is 2.30. The van der Waals surface area contributed by atoms with Gasteiger partial charge in [-0.05, 0) is 30.9 Å². The van der Waals surface area contributed by atoms with Gasteiger partial charge in [0.2, 0.25) is 0 Å². The predicted octanol–water partition coefficient (Wildman–Crippen LogP) is 3.79. The predicted molar refractivity (Wildman–Crippen MR) is 114 cm³/mol. The van der Waals surface area contributed by atoms with Crippen LogP contribution < -0.4 is 11.2 Å². The zero-order chi connectivity index (χ0) is 23.6. The highest BCUT2D eigenvalue weighted by Crippen LogP contribution is 2.32. The molecule has 2 aromatic heterocycles. The summed E-state index contributed by atoms with van der Waals surface area (Å²) in [7, 11) is 1.45. The molecule has 0 N–H and O–H groups in total. The van der Waals surface area contributed by atoms with E-state index >= 15 is 0 Å². The minimum absolute atomic E-state index is 0.00143. The molecule has 0 radical (unpaired) electrons. The lowest BCUT2D eigenvalue weighted by molar-refractivity contribution is -0.137. The van der Waals surface area contributed by atoms with Gasteiger partial charge >= 0.3 is 11.9 Å². The summed E-state index contributed by atoms with van der Waals surface area (Å²) in [5.41, 5.74) is -1.60. The molecule has 2 heterocycles. The van der Waals surface area contributed by atoms with Crippen LogP contribution in [-0.2, 0) is 26.3 Å². The number of nitrogens with zero attached hydrogens (tertiary/aromatic N) is 5. The van der Waals surface area contributed by atoms with Crippen molar-refractivity contribution in [3.05, 3.63) is 55.6 Å². The molecular weight excluding hydrogens is 427 g/mol. The Morgan fingerprint density at radius 2 is 1.84 bits per heavy atom. The second kappa shape index (κ2) is 9.09. The van der Waals surface area contributed by atoms with Gasteiger partial charge in [-0.15, -0.1) is 0 Å². The highest BCUT2D eigenvalue weighted by atomic mass is 19.4. The van der Waals surface area contributed by atoms with E-state index in [1.165, 1.54) is 23.7 Å². The van der Waals surface area contributed by atoms with Gasteiger partial charge in [-0.25, -0.2) is 9.78 Å². The molecule has 11 heteroatoms. The van der Waals surface area contributed by atoms with Gasteiger partial charge in [-0.1, -0.05) is 31.2 Å². The maximum Gasteiger partial charge on any atom is 0.416 e. The summed E-state index contributed by atoms with van der Waals surface area (Å²) in [5, 5.41) is 2.75. The first-order chi connectivity index (χ1) is 15.1. The third kappa shape index (κ3) is 4.51. The van der Waals surface area contributed by atoms with E-state index in [-0.39, 0.29) is 48.0 Å². The highest BCUT2D eigenvalue weighted by molar-refractivity contribution is 5.77. The molecular formula is C21H24F3N5O3. The lowest BCUT2D eigenvalue weighted by atomic mass is 10.1. The molecule has 0 bridgehead atoms. The highest BCUT2D eigenvalue weighted by Gasteiger charge is 2.31. The number of nitroso groups, excluding NO2 is 1. The third-order valence-electron chi connectivity index (χ3n) is 5.24. The third-order valence-corrected chi connectivity index (χ3v) is 5.24. The lowest BCUT2D eigenvalue weighted by Gasteiger charge is -2.13. The first-order valence-electron chi connectivity index (χ1n) is 10.2. The normalized spacial score (nSPS) is 12.1. The average molecular weight is 451 g/mol. The Labute approximate surface area is 181 Å². The van der Waals surface area contributed by atoms with Gasteiger partial charge in [-0.3, -0.25) is 13.9 Å². The second-order valence-electron chi connectivity index (χ2n) is 8.02. The van der Waals surface area contributed by atoms with Crippen LogP contribution in [0.2, 0.25) is 0 Å². The van der Waals surface area contributed by atoms with Crippen LogP contribution in [-0.4, -0.2) is 25.2 Å². The number of alkyl halides is 3. The number of hydrogen-bond donors (Lipinski definition) is 0. The van der Waals surface area contributed by atoms with E-state index < -0.39 is 23.0 Å². The number of aromatic nitrogens is 4. The largest absolute Gasteiger partial charge is 0.416 e. The second-order valence-corrected chi connectivity index (χ2v) is 8.02. The number of halogens is 3. The number of benzene rings is 1. The Morgan fingerprint density at radius 1 is 1.12 bits per heavy atom. The van der Waals surface area contributed by atoms with Crippen LogP contribution >= 0.6 is 0 Å². The SMILES string of the molecule is CC(C)CCn1c(-c2cccc(C(F)(F)F)c2)nc2c1c(=O)n(CCCN=O)c(=O)n2C. The molecule has 8 nitrogen and oxygen atoms in total. The van der Waals surface area contributed by atoms with E-state index in [1.54, 1.807) is 4.57 Å². The van der Waals surface area contributed by atoms with Gasteiger partial charge in [0.05, 0.1) is 12.1 Å². The van der Waals surface area contributed by atoms with Crippen LogP contribution in [0.5, 0.6) is 0 Å². The molecule has 0 unspecified atom stereocenters. The molecule has 3 rings (SSSR count). The van der Waals surface area contributed by atoms with Crippen molar-refractivity contribution < 1.29 is 13.2 Å². The average Bonchev–Trinajstić information content (AvgIpc) is 3.12. The number of hydrogen-bond acceptors (Lipinski definition) is 5. The zero-order valence-electron chi connectivity index (χ0n) is 18.0. The summed E-state index contributed by atoms with van der Waals surface area (Å²) in [6.45, 7) is 4.27. The Kier molecular flexibility index (Phi) is 6.65.